The summed E-state index contributed by atoms with van der Waals surface area (Å²) in [5.74, 6) is 0.617. The molecule has 2 aliphatic rings. The Balaban J connectivity index is 1.71. The van der Waals surface area contributed by atoms with Crippen molar-refractivity contribution >= 4 is 5.69 Å². The third-order valence-electron chi connectivity index (χ3n) is 9.06. The van der Waals surface area contributed by atoms with Gasteiger partial charge >= 0.3 is 18.5 Å². The van der Waals surface area contributed by atoms with Crippen LogP contribution in [0, 0.1) is 0 Å². The minimum atomic E-state index is -5.08. The number of halogens is 9. The third-order valence-corrected chi connectivity index (χ3v) is 9.06. The number of nitrogens with zero attached hydrogens (tertiary/aromatic N) is 4. The fourth-order valence-corrected chi connectivity index (χ4v) is 6.67. The first-order valence-corrected chi connectivity index (χ1v) is 16.5. The monoisotopic (exact) mass is 734 g/mol. The Morgan fingerprint density at radius 3 is 1.58 bits per heavy atom. The van der Waals surface area contributed by atoms with Crippen LogP contribution in [0.1, 0.15) is 60.4 Å². The maximum atomic E-state index is 14.1. The van der Waals surface area contributed by atoms with Crippen LogP contribution >= 0.6 is 0 Å². The number of alkyl halides is 9. The molecule has 0 saturated carbocycles. The van der Waals surface area contributed by atoms with Crippen LogP contribution in [0.5, 0.6) is 11.5 Å². The second kappa shape index (κ2) is 14.3. The van der Waals surface area contributed by atoms with Crippen molar-refractivity contribution in [1.29, 1.82) is 0 Å². The van der Waals surface area contributed by atoms with Crippen molar-refractivity contribution in [2.45, 2.75) is 64.2 Å². The van der Waals surface area contributed by atoms with E-state index in [-0.39, 0.29) is 54.7 Å². The first-order valence-electron chi connectivity index (χ1n) is 16.5. The van der Waals surface area contributed by atoms with Gasteiger partial charge in [-0.05, 0) is 113 Å². The Bertz CT molecular complexity index is 2000. The predicted octanol–water partition coefficient (Wildman–Crippen LogP) is 12.4. The average Bonchev–Trinajstić information content (AvgIpc) is 3.25. The number of azide groups is 1. The molecule has 0 radical (unpaired) electrons. The van der Waals surface area contributed by atoms with Crippen molar-refractivity contribution in [2.24, 2.45) is 5.11 Å². The van der Waals surface area contributed by atoms with Crippen LogP contribution in [-0.2, 0) is 31.6 Å². The highest BCUT2D eigenvalue weighted by atomic mass is 19.4. The van der Waals surface area contributed by atoms with Crippen LogP contribution in [0.3, 0.4) is 0 Å². The number of benzene rings is 4. The molecule has 2 heterocycles. The van der Waals surface area contributed by atoms with Crippen LogP contribution in [0.25, 0.3) is 43.8 Å². The lowest BCUT2D eigenvalue weighted by Crippen LogP contribution is -2.23. The third kappa shape index (κ3) is 7.65. The Hall–Kier alpha value is -4.88. The number of hydrogen-bond acceptors (Lipinski definition) is 4. The summed E-state index contributed by atoms with van der Waals surface area (Å²) in [4.78, 5) is 4.62. The van der Waals surface area contributed by atoms with Crippen LogP contribution in [0.15, 0.2) is 65.8 Å². The van der Waals surface area contributed by atoms with Crippen molar-refractivity contribution in [2.75, 3.05) is 19.8 Å². The molecule has 0 aromatic heterocycles. The lowest BCUT2D eigenvalue weighted by Gasteiger charge is -2.24. The second-order valence-electron chi connectivity index (χ2n) is 12.6. The molecule has 274 valence electrons. The second-order valence-corrected chi connectivity index (χ2v) is 12.6. The standard InChI is InChI=1S/C37H31F9N4O2/c1-2-3-10-50-19-29-27(21-13-23(35(38,39)40)17-24(14-21)36(41,42)43)6-8-31-33(29)34-30(20-50)28(7-9-32(34)52-12-5-4-11-51-31)22-15-25(37(44,45)46)18-26(16-22)48-49-47/h6-9,13-18H,2-5,10-12,19-20H2,1H3. The highest BCUT2D eigenvalue weighted by Crippen LogP contribution is 2.51. The molecule has 0 N–H and O–H groups in total. The van der Waals surface area contributed by atoms with Gasteiger partial charge in [-0.2, -0.15) is 39.5 Å². The highest BCUT2D eigenvalue weighted by molar-refractivity contribution is 5.91. The molecule has 15 heteroatoms. The molecule has 0 aliphatic carbocycles. The summed E-state index contributed by atoms with van der Waals surface area (Å²) >= 11 is 0. The van der Waals surface area contributed by atoms with Gasteiger partial charge in [-0.25, -0.2) is 0 Å². The predicted molar refractivity (Wildman–Crippen MR) is 176 cm³/mol. The smallest absolute Gasteiger partial charge is 0.416 e. The molecule has 0 atom stereocenters. The van der Waals surface area contributed by atoms with Crippen molar-refractivity contribution < 1.29 is 49.0 Å². The first-order chi connectivity index (χ1) is 24.6. The fraction of sp³-hybridized carbons (Fsp3) is 0.351. The van der Waals surface area contributed by atoms with Gasteiger partial charge in [0.25, 0.3) is 0 Å². The SMILES string of the molecule is CCCCN1Cc2c(-c3cc(N=[N+]=[N-])cc(C(F)(F)F)c3)ccc3c2-c2c(ccc(-c4cc(C(F)(F)F)cc(C(F)(F)F)c4)c2C1)OCCCCO3. The van der Waals surface area contributed by atoms with E-state index in [1.54, 1.807) is 12.1 Å². The van der Waals surface area contributed by atoms with E-state index in [2.05, 4.69) is 10.0 Å². The van der Waals surface area contributed by atoms with Gasteiger partial charge in [0.05, 0.1) is 29.9 Å². The molecule has 4 aromatic carbocycles. The minimum Gasteiger partial charge on any atom is -0.493 e. The van der Waals surface area contributed by atoms with E-state index < -0.39 is 35.2 Å². The quantitative estimate of drug-likeness (QED) is 0.0857. The molecule has 0 spiro atoms. The Kier molecular flexibility index (Phi) is 10.1. The lowest BCUT2D eigenvalue weighted by molar-refractivity contribution is -0.143. The van der Waals surface area contributed by atoms with Crippen molar-refractivity contribution in [3.05, 3.63) is 98.9 Å². The Morgan fingerprint density at radius 1 is 0.673 bits per heavy atom. The topological polar surface area (TPSA) is 70.5 Å². The van der Waals surface area contributed by atoms with E-state index in [1.165, 1.54) is 18.2 Å². The zero-order chi connectivity index (χ0) is 37.4. The van der Waals surface area contributed by atoms with E-state index in [0.29, 0.717) is 77.3 Å². The van der Waals surface area contributed by atoms with Gasteiger partial charge in [0.2, 0.25) is 0 Å². The van der Waals surface area contributed by atoms with Crippen molar-refractivity contribution in [3.8, 4) is 44.9 Å². The normalized spacial score (nSPS) is 15.1. The number of rotatable bonds is 6. The molecule has 52 heavy (non-hydrogen) atoms. The summed E-state index contributed by atoms with van der Waals surface area (Å²) in [6.07, 6.45) is -12.4. The van der Waals surface area contributed by atoms with Crippen LogP contribution < -0.4 is 9.47 Å². The average molecular weight is 735 g/mol. The zero-order valence-corrected chi connectivity index (χ0v) is 27.6. The summed E-state index contributed by atoms with van der Waals surface area (Å²) in [7, 11) is 0. The molecule has 0 amide bonds. The summed E-state index contributed by atoms with van der Waals surface area (Å²) < 4.78 is 139. The lowest BCUT2D eigenvalue weighted by atomic mass is 9.86. The van der Waals surface area contributed by atoms with E-state index in [1.807, 2.05) is 11.8 Å². The Morgan fingerprint density at radius 2 is 1.13 bits per heavy atom. The van der Waals surface area contributed by atoms with Gasteiger partial charge in [0.1, 0.15) is 11.5 Å². The first kappa shape index (κ1) is 36.9. The molecular formula is C37H31F9N4O2. The van der Waals surface area contributed by atoms with E-state index in [0.717, 1.165) is 18.6 Å². The molecule has 2 aliphatic heterocycles. The summed E-state index contributed by atoms with van der Waals surface area (Å²) in [6, 6.07) is 10.6. The fourth-order valence-electron chi connectivity index (χ4n) is 6.67. The van der Waals surface area contributed by atoms with Gasteiger partial charge in [-0.1, -0.05) is 30.6 Å². The van der Waals surface area contributed by atoms with Gasteiger partial charge in [0, 0.05) is 34.8 Å². The number of hydrogen-bond donors (Lipinski definition) is 0. The van der Waals surface area contributed by atoms with Gasteiger partial charge in [0.15, 0.2) is 0 Å². The minimum absolute atomic E-state index is 0.0551. The van der Waals surface area contributed by atoms with Gasteiger partial charge in [-0.3, -0.25) is 4.90 Å². The van der Waals surface area contributed by atoms with E-state index in [4.69, 9.17) is 15.0 Å². The largest absolute Gasteiger partial charge is 0.493 e. The van der Waals surface area contributed by atoms with Gasteiger partial charge in [-0.15, -0.1) is 0 Å². The molecule has 0 unspecified atom stereocenters. The zero-order valence-electron chi connectivity index (χ0n) is 27.6. The Labute approximate surface area is 292 Å². The maximum Gasteiger partial charge on any atom is 0.416 e. The molecule has 6 rings (SSSR count). The van der Waals surface area contributed by atoms with Crippen LogP contribution in [0.2, 0.25) is 0 Å². The van der Waals surface area contributed by atoms with Gasteiger partial charge < -0.3 is 9.47 Å². The van der Waals surface area contributed by atoms with E-state index in [9.17, 15) is 39.5 Å². The molecular weight excluding hydrogens is 703 g/mol. The van der Waals surface area contributed by atoms with Crippen LogP contribution in [0.4, 0.5) is 45.2 Å². The number of unbranched alkanes of at least 4 members (excludes halogenated alkanes) is 1. The molecule has 0 bridgehead atoms. The maximum absolute atomic E-state index is 14.1. The number of ether oxygens (including phenoxy) is 2. The summed E-state index contributed by atoms with van der Waals surface area (Å²) in [5.41, 5.74) is 6.65. The van der Waals surface area contributed by atoms with Crippen LogP contribution in [-0.4, -0.2) is 24.7 Å². The molecule has 4 aromatic rings. The summed E-state index contributed by atoms with van der Waals surface area (Å²) in [5, 5.41) is 3.44. The molecule has 0 saturated heterocycles. The molecule has 6 nitrogen and oxygen atoms in total. The van der Waals surface area contributed by atoms with E-state index >= 15 is 0 Å². The molecule has 0 fully saturated rings. The summed E-state index contributed by atoms with van der Waals surface area (Å²) in [6.45, 7) is 3.03. The highest BCUT2D eigenvalue weighted by Gasteiger charge is 2.38. The van der Waals surface area contributed by atoms with Crippen molar-refractivity contribution in [3.63, 3.8) is 0 Å². The van der Waals surface area contributed by atoms with Crippen molar-refractivity contribution in [1.82, 2.24) is 4.90 Å².